The molecule has 0 saturated carbocycles. The van der Waals surface area contributed by atoms with E-state index >= 15 is 0 Å². The first-order valence-corrected chi connectivity index (χ1v) is 25.1. The molecule has 2 aromatic heterocycles. The molecule has 2 aliphatic heterocycles. The van der Waals surface area contributed by atoms with Crippen molar-refractivity contribution in [3.05, 3.63) is 145 Å². The zero-order chi connectivity index (χ0) is 50.2. The Morgan fingerprint density at radius 3 is 1.36 bits per heavy atom. The molecule has 14 nitrogen and oxygen atoms in total. The molecule has 4 heterocycles. The lowest BCUT2D eigenvalue weighted by atomic mass is 10.0. The van der Waals surface area contributed by atoms with Crippen molar-refractivity contribution in [2.24, 2.45) is 0 Å². The second-order valence-corrected chi connectivity index (χ2v) is 21.2. The van der Waals surface area contributed by atoms with E-state index in [0.29, 0.717) is 34.2 Å². The van der Waals surface area contributed by atoms with Gasteiger partial charge in [0.25, 0.3) is 0 Å². The van der Waals surface area contributed by atoms with Gasteiger partial charge in [0.1, 0.15) is 17.9 Å². The van der Waals surface area contributed by atoms with E-state index in [0.717, 1.165) is 111 Å². The molecule has 0 radical (unpaired) electrons. The molecule has 0 bridgehead atoms. The smallest absolute Gasteiger partial charge is 0.229 e. The fourth-order valence-corrected chi connectivity index (χ4v) is 8.60. The van der Waals surface area contributed by atoms with Crippen molar-refractivity contribution < 1.29 is 9.36 Å². The number of rotatable bonds is 9. The van der Waals surface area contributed by atoms with Crippen molar-refractivity contribution in [1.82, 2.24) is 19.9 Å². The van der Waals surface area contributed by atoms with Crippen LogP contribution in [0.3, 0.4) is 0 Å². The molecule has 1 atom stereocenters. The number of allylic oxidation sites excluding steroid dienone is 1. The highest BCUT2D eigenvalue weighted by molar-refractivity contribution is 7.63. The minimum atomic E-state index is -2.12. The van der Waals surface area contributed by atoms with Gasteiger partial charge in [-0.3, -0.25) is 4.79 Å². The Kier molecular flexibility index (Phi) is 15.8. The van der Waals surface area contributed by atoms with Crippen molar-refractivity contribution in [2.75, 3.05) is 46.9 Å². The van der Waals surface area contributed by atoms with Crippen molar-refractivity contribution >= 4 is 65.8 Å². The van der Waals surface area contributed by atoms with Gasteiger partial charge in [-0.1, -0.05) is 0 Å². The highest BCUT2D eigenvalue weighted by atomic mass is 31.2. The molecule has 4 aromatic carbocycles. The number of anilines is 8. The maximum absolute atomic E-state index is 11.2. The molecule has 0 spiro atoms. The number of nitrogens with zero attached hydrogens (tertiary/aromatic N) is 10. The van der Waals surface area contributed by atoms with Crippen LogP contribution in [-0.4, -0.2) is 58.3 Å². The summed E-state index contributed by atoms with van der Waals surface area (Å²) in [6.45, 7) is 20.7. The SMILES string of the molecule is C/C(C#N)=C\c1cc(C)c(N2CCc3c(C)nc(Nc4ccc(C#N)cc4)nc32)c(C)c1.CC(C#N)P(C)(C)=O.Cc1cc(C=O)cc(C)c1N1CCc2c(C)nc(Nc3ccc(C#N)cc3)nc21. The summed E-state index contributed by atoms with van der Waals surface area (Å²) in [4.78, 5) is 34.6. The molecule has 2 aliphatic rings. The Bertz CT molecular complexity index is 3140. The van der Waals surface area contributed by atoms with Gasteiger partial charge in [0, 0.05) is 69.5 Å². The largest absolute Gasteiger partial charge is 0.325 e. The van der Waals surface area contributed by atoms with Gasteiger partial charge >= 0.3 is 0 Å². The van der Waals surface area contributed by atoms with E-state index in [9.17, 15) is 9.36 Å². The summed E-state index contributed by atoms with van der Waals surface area (Å²) >= 11 is 0. The summed E-state index contributed by atoms with van der Waals surface area (Å²) in [6, 6.07) is 30.9. The van der Waals surface area contributed by atoms with Crippen molar-refractivity contribution in [3.63, 3.8) is 0 Å². The van der Waals surface area contributed by atoms with Crippen molar-refractivity contribution in [3.8, 4) is 24.3 Å². The van der Waals surface area contributed by atoms with Crippen LogP contribution in [0.4, 0.5) is 46.3 Å². The van der Waals surface area contributed by atoms with Crippen LogP contribution in [0.1, 0.15) is 85.7 Å². The first-order chi connectivity index (χ1) is 32.9. The number of aldehydes is 1. The molecule has 0 amide bonds. The van der Waals surface area contributed by atoms with Crippen LogP contribution in [0.15, 0.2) is 78.4 Å². The van der Waals surface area contributed by atoms with E-state index < -0.39 is 7.14 Å². The van der Waals surface area contributed by atoms with Gasteiger partial charge in [-0.15, -0.1) is 0 Å². The van der Waals surface area contributed by atoms with Crippen LogP contribution < -0.4 is 20.4 Å². The molecule has 0 aliphatic carbocycles. The van der Waals surface area contributed by atoms with Gasteiger partial charge < -0.3 is 25.0 Å². The van der Waals surface area contributed by atoms with Gasteiger partial charge in [0.2, 0.25) is 11.9 Å². The van der Waals surface area contributed by atoms with Crippen LogP contribution in [0.25, 0.3) is 6.08 Å². The number of hydrogen-bond acceptors (Lipinski definition) is 14. The number of carbonyl (C=O) groups excluding carboxylic acids is 1. The lowest BCUT2D eigenvalue weighted by molar-refractivity contribution is 0.112. The highest BCUT2D eigenvalue weighted by Crippen LogP contribution is 2.42. The number of aryl methyl sites for hydroxylation is 6. The summed E-state index contributed by atoms with van der Waals surface area (Å²) in [6.07, 6.45) is 4.57. The Morgan fingerprint density at radius 1 is 0.652 bits per heavy atom. The van der Waals surface area contributed by atoms with Crippen LogP contribution >= 0.6 is 7.14 Å². The molecule has 348 valence electrons. The average molecular weight is 935 g/mol. The van der Waals surface area contributed by atoms with Gasteiger partial charge in [0.15, 0.2) is 0 Å². The molecule has 8 rings (SSSR count). The van der Waals surface area contributed by atoms with E-state index in [4.69, 9.17) is 31.0 Å². The topological polar surface area (TPSA) is 211 Å². The third kappa shape index (κ3) is 11.9. The summed E-state index contributed by atoms with van der Waals surface area (Å²) in [5.74, 6) is 2.89. The molecule has 0 saturated heterocycles. The van der Waals surface area contributed by atoms with Crippen LogP contribution in [0.5, 0.6) is 0 Å². The summed E-state index contributed by atoms with van der Waals surface area (Å²) < 4.78 is 10.9. The maximum Gasteiger partial charge on any atom is 0.229 e. The Labute approximate surface area is 405 Å². The van der Waals surface area contributed by atoms with Gasteiger partial charge in [-0.05, 0) is 188 Å². The molecule has 2 N–H and O–H groups in total. The van der Waals surface area contributed by atoms with Crippen LogP contribution in [-0.2, 0) is 17.4 Å². The zero-order valence-electron chi connectivity index (χ0n) is 40.7. The summed E-state index contributed by atoms with van der Waals surface area (Å²) in [5, 5.41) is 41.8. The quantitative estimate of drug-likeness (QED) is 0.0784. The Hall–Kier alpha value is -8.16. The summed E-state index contributed by atoms with van der Waals surface area (Å²) in [7, 11) is -2.12. The first kappa shape index (κ1) is 50.3. The second kappa shape index (κ2) is 21.6. The van der Waals surface area contributed by atoms with Crippen LogP contribution in [0, 0.1) is 86.9 Å². The fraction of sp³-hybridized carbons (Fsp3) is 0.278. The molecule has 1 unspecified atom stereocenters. The predicted molar refractivity (Wildman–Crippen MR) is 275 cm³/mol. The third-order valence-electron chi connectivity index (χ3n) is 12.0. The number of nitrogens with one attached hydrogen (secondary N) is 2. The number of fused-ring (bicyclic) bond motifs is 2. The van der Waals surface area contributed by atoms with Crippen LogP contribution in [0.2, 0.25) is 0 Å². The van der Waals surface area contributed by atoms with Gasteiger partial charge in [0.05, 0.1) is 48.2 Å². The second-order valence-electron chi connectivity index (χ2n) is 17.6. The lowest BCUT2D eigenvalue weighted by Gasteiger charge is -2.24. The minimum Gasteiger partial charge on any atom is -0.325 e. The maximum atomic E-state index is 11.2. The predicted octanol–water partition coefficient (Wildman–Crippen LogP) is 11.7. The third-order valence-corrected chi connectivity index (χ3v) is 14.0. The lowest BCUT2D eigenvalue weighted by Crippen LogP contribution is -2.17. The van der Waals surface area contributed by atoms with E-state index in [-0.39, 0.29) is 5.66 Å². The number of carbonyl (C=O) groups is 1. The standard InChI is InChI=1S/C26H24N6.C23H21N5O.C5H10NOP/c1-16(14-27)11-21-12-17(2)24(18(3)13-21)32-10-9-23-19(4)29-26(31-25(23)32)30-22-7-5-20(15-28)6-8-22;1-14-10-18(13-29)11-15(2)21(14)28-9-8-20-16(3)25-23(27-22(20)28)26-19-6-4-17(12-24)5-7-19;1-5(4-6)8(2,3)7/h5-8,11-13H,9-10H2,1-4H3,(H,29,30,31);4-7,10-11,13H,8-9H2,1-3H3,(H,25,26,27);5H,1-3H3/b16-11+;;. The number of aromatic nitrogens is 4. The Morgan fingerprint density at radius 2 is 1.04 bits per heavy atom. The highest BCUT2D eigenvalue weighted by Gasteiger charge is 2.29. The minimum absolute atomic E-state index is 0.289. The molecular weight excluding hydrogens is 880 g/mol. The molecule has 0 fully saturated rings. The number of hydrogen-bond donors (Lipinski definition) is 2. The van der Waals surface area contributed by atoms with E-state index in [1.54, 1.807) is 44.5 Å². The fourth-order valence-electron chi connectivity index (χ4n) is 8.32. The van der Waals surface area contributed by atoms with Crippen molar-refractivity contribution in [1.29, 1.82) is 21.0 Å². The van der Waals surface area contributed by atoms with E-state index in [1.165, 1.54) is 5.56 Å². The summed E-state index contributed by atoms with van der Waals surface area (Å²) in [5.41, 5.74) is 15.9. The Balaban J connectivity index is 0.000000197. The molecule has 69 heavy (non-hydrogen) atoms. The first-order valence-electron chi connectivity index (χ1n) is 22.4. The van der Waals surface area contributed by atoms with E-state index in [1.807, 2.05) is 83.2 Å². The molecule has 6 aromatic rings. The van der Waals surface area contributed by atoms with Gasteiger partial charge in [-0.2, -0.15) is 31.0 Å². The molecule has 15 heteroatoms. The zero-order valence-corrected chi connectivity index (χ0v) is 41.6. The molecular formula is C54H55N12O2P. The average Bonchev–Trinajstić information content (AvgIpc) is 3.94. The van der Waals surface area contributed by atoms with Crippen molar-refractivity contribution in [2.45, 2.75) is 73.9 Å². The van der Waals surface area contributed by atoms with E-state index in [2.05, 4.69) is 74.6 Å². The number of nitriles is 4. The monoisotopic (exact) mass is 934 g/mol. The normalized spacial score (nSPS) is 12.9. The number of benzene rings is 4. The van der Waals surface area contributed by atoms with Gasteiger partial charge in [-0.25, -0.2) is 9.97 Å².